The average Bonchev–Trinajstić information content (AvgIpc) is 2.92. The molecule has 1 aromatic heterocycles. The summed E-state index contributed by atoms with van der Waals surface area (Å²) in [5.74, 6) is 1.87. The minimum atomic E-state index is -0.383. The van der Waals surface area contributed by atoms with Crippen LogP contribution >= 0.6 is 0 Å². The number of hydrogen-bond donors (Lipinski definition) is 1. The Morgan fingerprint density at radius 1 is 1.10 bits per heavy atom. The van der Waals surface area contributed by atoms with E-state index >= 15 is 0 Å². The smallest absolute Gasteiger partial charge is 0.269 e. The molecule has 2 heterocycles. The fraction of sp³-hybridized carbons (Fsp3) is 0.318. The van der Waals surface area contributed by atoms with Gasteiger partial charge in [-0.15, -0.1) is 0 Å². The number of rotatable bonds is 6. The molecule has 3 aromatic rings. The Hall–Kier alpha value is -3.35. The standard InChI is InChI=1S/C22H24N4O3/c1-29-19-12-5-16(6-13-19)7-14-21-20-4-2-3-15-23-22(20)25(24-21)17-8-10-18(11-9-17)26(27)28/h5-6,8-13,23H,2-4,7,14-15H2,1H3. The highest BCUT2D eigenvalue weighted by atomic mass is 16.6. The molecule has 0 fully saturated rings. The maximum Gasteiger partial charge on any atom is 0.269 e. The van der Waals surface area contributed by atoms with Gasteiger partial charge in [0.25, 0.3) is 5.69 Å². The van der Waals surface area contributed by atoms with Gasteiger partial charge in [-0.05, 0) is 61.9 Å². The molecule has 0 saturated heterocycles. The van der Waals surface area contributed by atoms with E-state index in [1.807, 2.05) is 16.8 Å². The lowest BCUT2D eigenvalue weighted by atomic mass is 10.0. The van der Waals surface area contributed by atoms with Gasteiger partial charge in [-0.3, -0.25) is 10.1 Å². The molecule has 29 heavy (non-hydrogen) atoms. The van der Waals surface area contributed by atoms with Crippen LogP contribution in [-0.4, -0.2) is 28.4 Å². The van der Waals surface area contributed by atoms with E-state index in [2.05, 4.69) is 17.4 Å². The van der Waals surface area contributed by atoms with Gasteiger partial charge >= 0.3 is 0 Å². The number of anilines is 1. The van der Waals surface area contributed by atoms with E-state index in [1.54, 1.807) is 19.2 Å². The number of hydrogen-bond acceptors (Lipinski definition) is 5. The Morgan fingerprint density at radius 2 is 1.86 bits per heavy atom. The zero-order valence-corrected chi connectivity index (χ0v) is 16.4. The first-order valence-corrected chi connectivity index (χ1v) is 9.88. The summed E-state index contributed by atoms with van der Waals surface area (Å²) in [6.45, 7) is 0.906. The van der Waals surface area contributed by atoms with Gasteiger partial charge < -0.3 is 10.1 Å². The largest absolute Gasteiger partial charge is 0.497 e. The highest BCUT2D eigenvalue weighted by Gasteiger charge is 2.21. The van der Waals surface area contributed by atoms with Crippen molar-refractivity contribution >= 4 is 11.5 Å². The molecule has 0 radical (unpaired) electrons. The van der Waals surface area contributed by atoms with Crippen molar-refractivity contribution in [2.45, 2.75) is 32.1 Å². The van der Waals surface area contributed by atoms with Crippen molar-refractivity contribution in [2.75, 3.05) is 19.0 Å². The Morgan fingerprint density at radius 3 is 2.55 bits per heavy atom. The van der Waals surface area contributed by atoms with Crippen molar-refractivity contribution in [2.24, 2.45) is 0 Å². The Kier molecular flexibility index (Phi) is 5.46. The highest BCUT2D eigenvalue weighted by molar-refractivity contribution is 5.55. The van der Waals surface area contributed by atoms with Crippen molar-refractivity contribution in [3.05, 3.63) is 75.5 Å². The van der Waals surface area contributed by atoms with E-state index in [-0.39, 0.29) is 10.6 Å². The molecule has 7 heteroatoms. The number of methoxy groups -OCH3 is 1. The molecule has 1 N–H and O–H groups in total. The number of benzene rings is 2. The highest BCUT2D eigenvalue weighted by Crippen LogP contribution is 2.29. The van der Waals surface area contributed by atoms with Gasteiger partial charge in [0.15, 0.2) is 0 Å². The van der Waals surface area contributed by atoms with E-state index in [9.17, 15) is 10.1 Å². The second kappa shape index (κ2) is 8.34. The molecule has 1 aliphatic rings. The van der Waals surface area contributed by atoms with Gasteiger partial charge in [-0.2, -0.15) is 5.10 Å². The number of nitrogens with zero attached hydrogens (tertiary/aromatic N) is 3. The van der Waals surface area contributed by atoms with E-state index in [4.69, 9.17) is 9.84 Å². The van der Waals surface area contributed by atoms with Crippen LogP contribution in [0.4, 0.5) is 11.5 Å². The lowest BCUT2D eigenvalue weighted by Crippen LogP contribution is -2.07. The van der Waals surface area contributed by atoms with Gasteiger partial charge in [0.05, 0.1) is 23.4 Å². The molecule has 150 valence electrons. The molecule has 4 rings (SSSR count). The number of nitrogens with one attached hydrogen (secondary N) is 1. The molecule has 0 aliphatic carbocycles. The Labute approximate surface area is 169 Å². The third-order valence-corrected chi connectivity index (χ3v) is 5.33. The number of aromatic nitrogens is 2. The number of fused-ring (bicyclic) bond motifs is 1. The minimum Gasteiger partial charge on any atom is -0.497 e. The number of nitro groups is 1. The predicted molar refractivity (Wildman–Crippen MR) is 112 cm³/mol. The molecular weight excluding hydrogens is 368 g/mol. The van der Waals surface area contributed by atoms with Crippen molar-refractivity contribution in [3.63, 3.8) is 0 Å². The lowest BCUT2D eigenvalue weighted by Gasteiger charge is -2.09. The zero-order valence-electron chi connectivity index (χ0n) is 16.4. The van der Waals surface area contributed by atoms with Crippen LogP contribution in [0.1, 0.15) is 29.7 Å². The number of non-ortho nitro benzene ring substituents is 1. The molecule has 1 aliphatic heterocycles. The molecule has 0 unspecified atom stereocenters. The summed E-state index contributed by atoms with van der Waals surface area (Å²) in [5, 5.41) is 19.4. The summed E-state index contributed by atoms with van der Waals surface area (Å²) in [5.41, 5.74) is 4.50. The van der Waals surface area contributed by atoms with Gasteiger partial charge in [-0.1, -0.05) is 12.1 Å². The van der Waals surface area contributed by atoms with E-state index < -0.39 is 0 Å². The van der Waals surface area contributed by atoms with Crippen molar-refractivity contribution in [3.8, 4) is 11.4 Å². The molecule has 0 spiro atoms. The van der Waals surface area contributed by atoms with Gasteiger partial charge in [0, 0.05) is 24.2 Å². The molecule has 0 saturated carbocycles. The minimum absolute atomic E-state index is 0.0830. The van der Waals surface area contributed by atoms with Crippen LogP contribution in [0.3, 0.4) is 0 Å². The van der Waals surface area contributed by atoms with Crippen LogP contribution in [-0.2, 0) is 19.3 Å². The summed E-state index contributed by atoms with van der Waals surface area (Å²) in [4.78, 5) is 10.6. The van der Waals surface area contributed by atoms with E-state index in [1.165, 1.54) is 23.3 Å². The SMILES string of the molecule is COc1ccc(CCc2nn(-c3ccc([N+](=O)[O-])cc3)c3c2CCCCN3)cc1. The first kappa shape index (κ1) is 19.0. The van der Waals surface area contributed by atoms with Crippen LogP contribution in [0.15, 0.2) is 48.5 Å². The van der Waals surface area contributed by atoms with Crippen LogP contribution in [0.5, 0.6) is 5.75 Å². The van der Waals surface area contributed by atoms with Crippen molar-refractivity contribution < 1.29 is 9.66 Å². The monoisotopic (exact) mass is 392 g/mol. The second-order valence-electron chi connectivity index (χ2n) is 7.19. The van der Waals surface area contributed by atoms with Gasteiger partial charge in [0.2, 0.25) is 0 Å². The van der Waals surface area contributed by atoms with Crippen molar-refractivity contribution in [1.29, 1.82) is 0 Å². The number of nitro benzene ring substituents is 1. The van der Waals surface area contributed by atoms with Crippen LogP contribution in [0, 0.1) is 10.1 Å². The average molecular weight is 392 g/mol. The van der Waals surface area contributed by atoms with Crippen LogP contribution < -0.4 is 10.1 Å². The molecule has 0 atom stereocenters. The molecule has 0 bridgehead atoms. The summed E-state index contributed by atoms with van der Waals surface area (Å²) in [6, 6.07) is 14.7. The maximum atomic E-state index is 11.0. The fourth-order valence-electron chi connectivity index (χ4n) is 3.73. The summed E-state index contributed by atoms with van der Waals surface area (Å²) in [6.07, 6.45) is 4.98. The fourth-order valence-corrected chi connectivity index (χ4v) is 3.73. The lowest BCUT2D eigenvalue weighted by molar-refractivity contribution is -0.384. The normalized spacial score (nSPS) is 13.3. The Bertz CT molecular complexity index is 994. The Balaban J connectivity index is 1.62. The first-order chi connectivity index (χ1) is 14.2. The summed E-state index contributed by atoms with van der Waals surface area (Å²) >= 11 is 0. The molecule has 7 nitrogen and oxygen atoms in total. The third kappa shape index (κ3) is 4.08. The number of aryl methyl sites for hydroxylation is 2. The van der Waals surface area contributed by atoms with Gasteiger partial charge in [0.1, 0.15) is 11.6 Å². The summed E-state index contributed by atoms with van der Waals surface area (Å²) < 4.78 is 7.13. The van der Waals surface area contributed by atoms with E-state index in [0.717, 1.165) is 61.6 Å². The van der Waals surface area contributed by atoms with Gasteiger partial charge in [-0.25, -0.2) is 4.68 Å². The topological polar surface area (TPSA) is 82.2 Å². The van der Waals surface area contributed by atoms with Crippen LogP contribution in [0.25, 0.3) is 5.69 Å². The summed E-state index contributed by atoms with van der Waals surface area (Å²) in [7, 11) is 1.67. The predicted octanol–water partition coefficient (Wildman–Crippen LogP) is 4.32. The quantitative estimate of drug-likeness (QED) is 0.499. The van der Waals surface area contributed by atoms with Crippen molar-refractivity contribution in [1.82, 2.24) is 9.78 Å². The molecule has 2 aromatic carbocycles. The van der Waals surface area contributed by atoms with E-state index in [0.29, 0.717) is 0 Å². The first-order valence-electron chi connectivity index (χ1n) is 9.88. The number of ether oxygens (including phenoxy) is 1. The molecular formula is C22H24N4O3. The third-order valence-electron chi connectivity index (χ3n) is 5.33. The second-order valence-corrected chi connectivity index (χ2v) is 7.19. The van der Waals surface area contributed by atoms with Crippen LogP contribution in [0.2, 0.25) is 0 Å². The zero-order chi connectivity index (χ0) is 20.2. The maximum absolute atomic E-state index is 11.0. The molecule has 0 amide bonds.